The van der Waals surface area contributed by atoms with Crippen LogP contribution < -0.4 is 14.8 Å². The molecule has 0 spiro atoms. The number of carboxylic acid groups (broad SMARTS) is 1. The van der Waals surface area contributed by atoms with Gasteiger partial charge in [0.05, 0.1) is 13.7 Å². The van der Waals surface area contributed by atoms with Crippen LogP contribution in [0.2, 0.25) is 0 Å². The zero-order valence-corrected chi connectivity index (χ0v) is 11.8. The Labute approximate surface area is 124 Å². The van der Waals surface area contributed by atoms with E-state index in [2.05, 4.69) is 14.8 Å². The van der Waals surface area contributed by atoms with Crippen LogP contribution in [0.5, 0.6) is 11.5 Å². The van der Waals surface area contributed by atoms with E-state index in [0.717, 1.165) is 6.07 Å². The number of carbonyl (C=O) groups is 2. The molecule has 0 aliphatic heterocycles. The van der Waals surface area contributed by atoms with E-state index < -0.39 is 24.6 Å². The molecular formula is C13H15F2NO6. The molecule has 0 aliphatic carbocycles. The SMILES string of the molecule is COc1cc(C(=O)NCC(OC)C(=O)O)ccc1OC(F)F. The van der Waals surface area contributed by atoms with Crippen molar-refractivity contribution in [1.29, 1.82) is 0 Å². The Morgan fingerprint density at radius 2 is 1.95 bits per heavy atom. The quantitative estimate of drug-likeness (QED) is 0.746. The first-order chi connectivity index (χ1) is 10.4. The Morgan fingerprint density at radius 1 is 1.27 bits per heavy atom. The molecular weight excluding hydrogens is 304 g/mol. The molecule has 1 aromatic carbocycles. The van der Waals surface area contributed by atoms with Crippen LogP contribution in [0.4, 0.5) is 8.78 Å². The van der Waals surface area contributed by atoms with Gasteiger partial charge in [-0.25, -0.2) is 4.79 Å². The first-order valence-electron chi connectivity index (χ1n) is 6.05. The number of rotatable bonds is 8. The number of carboxylic acids is 1. The minimum absolute atomic E-state index is 0.0468. The van der Waals surface area contributed by atoms with Crippen molar-refractivity contribution in [3.63, 3.8) is 0 Å². The third kappa shape index (κ3) is 4.85. The van der Waals surface area contributed by atoms with Crippen molar-refractivity contribution >= 4 is 11.9 Å². The van der Waals surface area contributed by atoms with Crippen LogP contribution in [-0.4, -0.2) is 50.5 Å². The molecule has 1 unspecified atom stereocenters. The Kier molecular flexibility index (Phi) is 6.51. The zero-order valence-electron chi connectivity index (χ0n) is 11.8. The van der Waals surface area contributed by atoms with E-state index in [9.17, 15) is 18.4 Å². The Morgan fingerprint density at radius 3 is 2.45 bits per heavy atom. The summed E-state index contributed by atoms with van der Waals surface area (Å²) in [6.45, 7) is -3.27. The molecule has 1 amide bonds. The molecule has 2 N–H and O–H groups in total. The minimum Gasteiger partial charge on any atom is -0.493 e. The molecule has 0 fully saturated rings. The largest absolute Gasteiger partial charge is 0.493 e. The lowest BCUT2D eigenvalue weighted by Gasteiger charge is -2.13. The molecule has 0 bridgehead atoms. The van der Waals surface area contributed by atoms with Crippen LogP contribution in [0.15, 0.2) is 18.2 Å². The summed E-state index contributed by atoms with van der Waals surface area (Å²) in [4.78, 5) is 22.6. The second kappa shape index (κ2) is 8.13. The van der Waals surface area contributed by atoms with Crippen LogP contribution in [-0.2, 0) is 9.53 Å². The van der Waals surface area contributed by atoms with E-state index >= 15 is 0 Å². The van der Waals surface area contributed by atoms with E-state index in [1.807, 2.05) is 0 Å². The molecule has 22 heavy (non-hydrogen) atoms. The van der Waals surface area contributed by atoms with E-state index in [-0.39, 0.29) is 23.6 Å². The summed E-state index contributed by atoms with van der Waals surface area (Å²) < 4.78 is 38.1. The molecule has 7 nitrogen and oxygen atoms in total. The summed E-state index contributed by atoms with van der Waals surface area (Å²) in [5.41, 5.74) is 0.0960. The van der Waals surface area contributed by atoms with Crippen molar-refractivity contribution in [3.8, 4) is 11.5 Å². The smallest absolute Gasteiger partial charge is 0.387 e. The summed E-state index contributed by atoms with van der Waals surface area (Å²) >= 11 is 0. The molecule has 0 saturated heterocycles. The third-order valence-electron chi connectivity index (χ3n) is 2.65. The predicted molar refractivity (Wildman–Crippen MR) is 70.4 cm³/mol. The maximum absolute atomic E-state index is 12.2. The van der Waals surface area contributed by atoms with Crippen molar-refractivity contribution in [3.05, 3.63) is 23.8 Å². The normalized spacial score (nSPS) is 11.9. The molecule has 122 valence electrons. The summed E-state index contributed by atoms with van der Waals surface area (Å²) in [5.74, 6) is -2.09. The maximum Gasteiger partial charge on any atom is 0.387 e. The van der Waals surface area contributed by atoms with Crippen molar-refractivity contribution in [2.24, 2.45) is 0 Å². The van der Waals surface area contributed by atoms with Gasteiger partial charge >= 0.3 is 12.6 Å². The lowest BCUT2D eigenvalue weighted by atomic mass is 10.2. The number of carbonyl (C=O) groups excluding carboxylic acids is 1. The van der Waals surface area contributed by atoms with Gasteiger partial charge in [0, 0.05) is 12.7 Å². The Balaban J connectivity index is 2.79. The molecule has 0 heterocycles. The van der Waals surface area contributed by atoms with Gasteiger partial charge in [0.15, 0.2) is 17.6 Å². The molecule has 0 aromatic heterocycles. The molecule has 0 saturated carbocycles. The van der Waals surface area contributed by atoms with Crippen LogP contribution in [0.1, 0.15) is 10.4 Å². The van der Waals surface area contributed by atoms with E-state index in [1.165, 1.54) is 26.4 Å². The molecule has 1 aromatic rings. The van der Waals surface area contributed by atoms with Gasteiger partial charge in [-0.05, 0) is 18.2 Å². The fraction of sp³-hybridized carbons (Fsp3) is 0.385. The minimum atomic E-state index is -3.02. The van der Waals surface area contributed by atoms with Gasteiger partial charge < -0.3 is 24.6 Å². The lowest BCUT2D eigenvalue weighted by Crippen LogP contribution is -2.37. The molecule has 9 heteroatoms. The summed E-state index contributed by atoms with van der Waals surface area (Å²) in [6.07, 6.45) is -1.19. The average Bonchev–Trinajstić information content (AvgIpc) is 2.47. The molecule has 0 aliphatic rings. The highest BCUT2D eigenvalue weighted by Crippen LogP contribution is 2.29. The van der Waals surface area contributed by atoms with E-state index in [4.69, 9.17) is 9.84 Å². The van der Waals surface area contributed by atoms with Gasteiger partial charge in [0.2, 0.25) is 0 Å². The number of amides is 1. The van der Waals surface area contributed by atoms with Crippen molar-refractivity contribution in [2.75, 3.05) is 20.8 Å². The maximum atomic E-state index is 12.2. The number of ether oxygens (including phenoxy) is 3. The number of aliphatic carboxylic acids is 1. The fourth-order valence-corrected chi connectivity index (χ4v) is 1.56. The van der Waals surface area contributed by atoms with Crippen LogP contribution in [0, 0.1) is 0 Å². The van der Waals surface area contributed by atoms with Gasteiger partial charge in [-0.3, -0.25) is 4.79 Å². The number of halogens is 2. The standard InChI is InChI=1S/C13H15F2NO6/c1-20-9-5-7(3-4-8(9)22-13(14)15)11(17)16-6-10(21-2)12(18)19/h3-5,10,13H,6H2,1-2H3,(H,16,17)(H,18,19). The summed E-state index contributed by atoms with van der Waals surface area (Å²) in [5, 5.41) is 11.1. The van der Waals surface area contributed by atoms with Gasteiger partial charge in [-0.15, -0.1) is 0 Å². The summed E-state index contributed by atoms with van der Waals surface area (Å²) in [6, 6.07) is 3.61. The van der Waals surface area contributed by atoms with Gasteiger partial charge in [0.25, 0.3) is 5.91 Å². The number of nitrogens with one attached hydrogen (secondary N) is 1. The van der Waals surface area contributed by atoms with Gasteiger partial charge in [-0.2, -0.15) is 8.78 Å². The van der Waals surface area contributed by atoms with Crippen molar-refractivity contribution < 1.29 is 37.7 Å². The number of alkyl halides is 2. The number of hydrogen-bond donors (Lipinski definition) is 2. The number of methoxy groups -OCH3 is 2. The van der Waals surface area contributed by atoms with Crippen LogP contribution in [0.3, 0.4) is 0 Å². The monoisotopic (exact) mass is 319 g/mol. The second-order valence-corrected chi connectivity index (χ2v) is 4.02. The average molecular weight is 319 g/mol. The predicted octanol–water partition coefficient (Wildman–Crippen LogP) is 1.13. The van der Waals surface area contributed by atoms with E-state index in [1.54, 1.807) is 0 Å². The topological polar surface area (TPSA) is 94.1 Å². The molecule has 0 radical (unpaired) electrons. The third-order valence-corrected chi connectivity index (χ3v) is 2.65. The Hall–Kier alpha value is -2.42. The van der Waals surface area contributed by atoms with Gasteiger partial charge in [0.1, 0.15) is 0 Å². The van der Waals surface area contributed by atoms with Crippen LogP contribution in [0.25, 0.3) is 0 Å². The first kappa shape index (κ1) is 17.6. The first-order valence-corrected chi connectivity index (χ1v) is 6.05. The zero-order chi connectivity index (χ0) is 16.7. The highest BCUT2D eigenvalue weighted by atomic mass is 19.3. The highest BCUT2D eigenvalue weighted by molar-refractivity contribution is 5.95. The summed E-state index contributed by atoms with van der Waals surface area (Å²) in [7, 11) is 2.44. The lowest BCUT2D eigenvalue weighted by molar-refractivity contribution is -0.148. The fourth-order valence-electron chi connectivity index (χ4n) is 1.56. The highest BCUT2D eigenvalue weighted by Gasteiger charge is 2.19. The Bertz CT molecular complexity index is 537. The van der Waals surface area contributed by atoms with Crippen molar-refractivity contribution in [1.82, 2.24) is 5.32 Å². The second-order valence-electron chi connectivity index (χ2n) is 4.02. The van der Waals surface area contributed by atoms with Gasteiger partial charge in [-0.1, -0.05) is 0 Å². The number of hydrogen-bond acceptors (Lipinski definition) is 5. The molecule has 1 rings (SSSR count). The van der Waals surface area contributed by atoms with Crippen LogP contribution >= 0.6 is 0 Å². The van der Waals surface area contributed by atoms with E-state index in [0.29, 0.717) is 0 Å². The van der Waals surface area contributed by atoms with Crippen molar-refractivity contribution in [2.45, 2.75) is 12.7 Å². The number of benzene rings is 1. The molecule has 1 atom stereocenters.